The van der Waals surface area contributed by atoms with Gasteiger partial charge in [0.1, 0.15) is 16.1 Å². The van der Waals surface area contributed by atoms with Crippen LogP contribution in [0, 0.1) is 0 Å². The average molecular weight is 487 g/mol. The number of halogens is 1. The van der Waals surface area contributed by atoms with Gasteiger partial charge in [0.15, 0.2) is 0 Å². The number of likely N-dealkylation sites (tertiary alicyclic amines) is 1. The molecule has 1 amide bonds. The van der Waals surface area contributed by atoms with Gasteiger partial charge in [0.05, 0.1) is 0 Å². The zero-order valence-electron chi connectivity index (χ0n) is 16.8. The molecule has 0 bridgehead atoms. The van der Waals surface area contributed by atoms with E-state index in [2.05, 4.69) is 9.71 Å². The first-order valence-electron chi connectivity index (χ1n) is 9.93. The first-order chi connectivity index (χ1) is 15.3. The van der Waals surface area contributed by atoms with Crippen LogP contribution < -0.4 is 10.5 Å². The fraction of sp³-hybridized carbons (Fsp3) is 0.182. The number of nitrogen functional groups attached to an aromatic ring is 1. The average Bonchev–Trinajstić information content (AvgIpc) is 3.33. The largest absolute Gasteiger partial charge is 0.383 e. The van der Waals surface area contributed by atoms with Crippen LogP contribution in [0.1, 0.15) is 12.0 Å². The molecule has 2 aromatic heterocycles. The summed E-state index contributed by atoms with van der Waals surface area (Å²) in [5.74, 6) is 0.198. The lowest BCUT2D eigenvalue weighted by atomic mass is 10.1. The smallest absolute Gasteiger partial charge is 0.250 e. The molecule has 1 saturated heterocycles. The van der Waals surface area contributed by atoms with E-state index >= 15 is 0 Å². The highest BCUT2D eigenvalue weighted by Gasteiger charge is 2.35. The molecule has 0 saturated carbocycles. The maximum atomic E-state index is 12.9. The van der Waals surface area contributed by atoms with Crippen LogP contribution in [-0.4, -0.2) is 36.8 Å². The summed E-state index contributed by atoms with van der Waals surface area (Å²) in [6.07, 6.45) is 2.06. The van der Waals surface area contributed by atoms with E-state index in [9.17, 15) is 13.2 Å². The molecule has 1 aliphatic rings. The van der Waals surface area contributed by atoms with Gasteiger partial charge < -0.3 is 10.6 Å². The summed E-state index contributed by atoms with van der Waals surface area (Å²) in [6, 6.07) is 13.7. The Hall–Kier alpha value is -2.72. The van der Waals surface area contributed by atoms with Gasteiger partial charge in [-0.15, -0.1) is 11.3 Å². The first-order valence-corrected chi connectivity index (χ1v) is 12.6. The highest BCUT2D eigenvalue weighted by Crippen LogP contribution is 2.31. The maximum absolute atomic E-state index is 12.9. The summed E-state index contributed by atoms with van der Waals surface area (Å²) in [6.45, 7) is 0.845. The van der Waals surface area contributed by atoms with Crippen LogP contribution in [0.4, 0.5) is 5.82 Å². The number of pyridine rings is 1. The van der Waals surface area contributed by atoms with Gasteiger partial charge in [-0.05, 0) is 53.1 Å². The number of carbonyl (C=O) groups is 1. The molecule has 0 radical (unpaired) electrons. The Balaban J connectivity index is 1.32. The van der Waals surface area contributed by atoms with Crippen LogP contribution in [-0.2, 0) is 21.4 Å². The molecule has 164 valence electrons. The van der Waals surface area contributed by atoms with Crippen LogP contribution >= 0.6 is 22.9 Å². The molecular formula is C22H19ClN4O3S2. The highest BCUT2D eigenvalue weighted by atomic mass is 35.5. The minimum atomic E-state index is -3.83. The van der Waals surface area contributed by atoms with Gasteiger partial charge in [0, 0.05) is 34.4 Å². The predicted molar refractivity (Wildman–Crippen MR) is 127 cm³/mol. The van der Waals surface area contributed by atoms with Crippen molar-refractivity contribution < 1.29 is 13.2 Å². The molecule has 3 N–H and O–H groups in total. The number of aromatic nitrogens is 1. The third-order valence-corrected chi connectivity index (χ3v) is 8.83. The number of nitrogens with zero attached hydrogens (tertiary/aromatic N) is 2. The number of nitrogens with two attached hydrogens (primary N) is 1. The van der Waals surface area contributed by atoms with E-state index in [0.29, 0.717) is 30.4 Å². The standard InChI is InChI=1S/C22H19ClN4O3S2/c23-16-4-3-15-10-20(31-19(15)11-16)32(29,30)26-18-6-8-27(22(18)28)12-13-1-2-14-5-7-25-21(24)17(14)9-13/h1-5,7,9-11,18,26H,6,8,12H2,(H2,24,25). The summed E-state index contributed by atoms with van der Waals surface area (Å²) in [5.41, 5.74) is 6.88. The van der Waals surface area contributed by atoms with Gasteiger partial charge in [-0.1, -0.05) is 29.8 Å². The number of rotatable bonds is 5. The van der Waals surface area contributed by atoms with Gasteiger partial charge in [-0.2, -0.15) is 4.72 Å². The van der Waals surface area contributed by atoms with E-state index < -0.39 is 16.1 Å². The Bertz CT molecular complexity index is 1470. The Morgan fingerprint density at radius 3 is 2.81 bits per heavy atom. The number of hydrogen-bond donors (Lipinski definition) is 2. The van der Waals surface area contributed by atoms with Crippen molar-refractivity contribution in [3.8, 4) is 0 Å². The zero-order chi connectivity index (χ0) is 22.5. The molecule has 10 heteroatoms. The number of carbonyl (C=O) groups excluding carboxylic acids is 1. The van der Waals surface area contributed by atoms with E-state index in [4.69, 9.17) is 17.3 Å². The zero-order valence-corrected chi connectivity index (χ0v) is 19.2. The molecule has 5 rings (SSSR count). The Labute approximate surface area is 193 Å². The molecule has 1 unspecified atom stereocenters. The molecule has 0 spiro atoms. The van der Waals surface area contributed by atoms with Gasteiger partial charge in [0.25, 0.3) is 10.0 Å². The maximum Gasteiger partial charge on any atom is 0.250 e. The minimum Gasteiger partial charge on any atom is -0.383 e. The lowest BCUT2D eigenvalue weighted by Crippen LogP contribution is -2.41. The van der Waals surface area contributed by atoms with Crippen LogP contribution in [0.2, 0.25) is 5.02 Å². The third-order valence-electron chi connectivity index (χ3n) is 5.55. The molecule has 7 nitrogen and oxygen atoms in total. The molecule has 4 aromatic rings. The quantitative estimate of drug-likeness (QED) is 0.446. The minimum absolute atomic E-state index is 0.165. The number of thiophene rings is 1. The van der Waals surface area contributed by atoms with Crippen molar-refractivity contribution >= 4 is 65.5 Å². The van der Waals surface area contributed by atoms with Crippen molar-refractivity contribution in [2.75, 3.05) is 12.3 Å². The van der Waals surface area contributed by atoms with Crippen LogP contribution in [0.25, 0.3) is 20.9 Å². The SMILES string of the molecule is Nc1nccc2ccc(CN3CCC(NS(=O)(=O)c4cc5ccc(Cl)cc5s4)C3=O)cc12. The van der Waals surface area contributed by atoms with Crippen molar-refractivity contribution in [1.82, 2.24) is 14.6 Å². The van der Waals surface area contributed by atoms with E-state index in [-0.39, 0.29) is 10.1 Å². The lowest BCUT2D eigenvalue weighted by molar-refractivity contribution is -0.129. The monoisotopic (exact) mass is 486 g/mol. The summed E-state index contributed by atoms with van der Waals surface area (Å²) >= 11 is 7.13. The number of fused-ring (bicyclic) bond motifs is 2. The molecule has 2 aromatic carbocycles. The highest BCUT2D eigenvalue weighted by molar-refractivity contribution is 7.91. The molecule has 1 fully saturated rings. The number of amides is 1. The molecule has 0 aliphatic carbocycles. The van der Waals surface area contributed by atoms with Gasteiger partial charge in [-0.3, -0.25) is 4.79 Å². The second kappa shape index (κ2) is 8.00. The van der Waals surface area contributed by atoms with Gasteiger partial charge >= 0.3 is 0 Å². The second-order valence-corrected chi connectivity index (χ2v) is 11.2. The van der Waals surface area contributed by atoms with Crippen LogP contribution in [0.3, 0.4) is 0 Å². The van der Waals surface area contributed by atoms with Crippen molar-refractivity contribution in [3.63, 3.8) is 0 Å². The number of benzene rings is 2. The molecule has 32 heavy (non-hydrogen) atoms. The summed E-state index contributed by atoms with van der Waals surface area (Å²) in [5, 5.41) is 3.15. The topological polar surface area (TPSA) is 105 Å². The lowest BCUT2D eigenvalue weighted by Gasteiger charge is -2.17. The number of nitrogens with one attached hydrogen (secondary N) is 1. The molecule has 1 atom stereocenters. The van der Waals surface area contributed by atoms with Gasteiger partial charge in [-0.25, -0.2) is 13.4 Å². The van der Waals surface area contributed by atoms with E-state index in [1.807, 2.05) is 24.3 Å². The summed E-state index contributed by atoms with van der Waals surface area (Å²) < 4.78 is 29.3. The van der Waals surface area contributed by atoms with Gasteiger partial charge in [0.2, 0.25) is 5.91 Å². The number of hydrogen-bond acceptors (Lipinski definition) is 6. The Morgan fingerprint density at radius 2 is 1.97 bits per heavy atom. The number of anilines is 1. The fourth-order valence-corrected chi connectivity index (χ4v) is 6.83. The van der Waals surface area contributed by atoms with Crippen molar-refractivity contribution in [1.29, 1.82) is 0 Å². The van der Waals surface area contributed by atoms with Crippen LogP contribution in [0.5, 0.6) is 0 Å². The van der Waals surface area contributed by atoms with Crippen molar-refractivity contribution in [2.45, 2.75) is 23.2 Å². The molecule has 1 aliphatic heterocycles. The van der Waals surface area contributed by atoms with E-state index in [1.54, 1.807) is 35.4 Å². The van der Waals surface area contributed by atoms with E-state index in [0.717, 1.165) is 37.8 Å². The molecule has 3 heterocycles. The van der Waals surface area contributed by atoms with Crippen molar-refractivity contribution in [3.05, 3.63) is 65.3 Å². The first kappa shape index (κ1) is 21.1. The predicted octanol–water partition coefficient (Wildman–Crippen LogP) is 3.76. The van der Waals surface area contributed by atoms with Crippen LogP contribution in [0.15, 0.2) is 58.9 Å². The Morgan fingerprint density at radius 1 is 1.16 bits per heavy atom. The summed E-state index contributed by atoms with van der Waals surface area (Å²) in [4.78, 5) is 18.7. The molecular weight excluding hydrogens is 468 g/mol. The Kier molecular flexibility index (Phi) is 5.29. The normalized spacial score (nSPS) is 17.0. The fourth-order valence-electron chi connectivity index (χ4n) is 3.92. The number of sulfonamides is 1. The summed E-state index contributed by atoms with van der Waals surface area (Å²) in [7, 11) is -3.83. The second-order valence-electron chi connectivity index (χ2n) is 7.72. The van der Waals surface area contributed by atoms with E-state index in [1.165, 1.54) is 0 Å². The van der Waals surface area contributed by atoms with Crippen molar-refractivity contribution in [2.24, 2.45) is 0 Å². The third kappa shape index (κ3) is 3.93.